The van der Waals surface area contributed by atoms with Gasteiger partial charge in [0.25, 0.3) is 0 Å². The lowest BCUT2D eigenvalue weighted by Crippen LogP contribution is -2.02. The lowest BCUT2D eigenvalue weighted by Gasteiger charge is -1.97. The second-order valence-electron chi connectivity index (χ2n) is 2.59. The van der Waals surface area contributed by atoms with Gasteiger partial charge in [0.2, 0.25) is 0 Å². The molecule has 0 aromatic carbocycles. The molecule has 0 amide bonds. The third-order valence-corrected chi connectivity index (χ3v) is 3.03. The summed E-state index contributed by atoms with van der Waals surface area (Å²) >= 11 is 2.53. The predicted molar refractivity (Wildman–Crippen MR) is 58.8 cm³/mol. The topological polar surface area (TPSA) is 83.8 Å². The molecule has 0 bridgehead atoms. The summed E-state index contributed by atoms with van der Waals surface area (Å²) in [5, 5.41) is 6.27. The van der Waals surface area contributed by atoms with Crippen LogP contribution in [0.3, 0.4) is 0 Å². The van der Waals surface area contributed by atoms with Crippen molar-refractivity contribution in [1.29, 1.82) is 0 Å². The Kier molecular flexibility index (Phi) is 2.51. The van der Waals surface area contributed by atoms with Crippen molar-refractivity contribution in [3.8, 4) is 0 Å². The quantitative estimate of drug-likeness (QED) is 0.734. The van der Waals surface area contributed by atoms with Gasteiger partial charge in [-0.3, -0.25) is 4.79 Å². The van der Waals surface area contributed by atoms with Gasteiger partial charge in [0, 0.05) is 11.1 Å². The molecule has 2 rings (SSSR count). The summed E-state index contributed by atoms with van der Waals surface area (Å²) in [5.74, 6) is 0. The molecule has 0 fully saturated rings. The molecular weight excluding hydrogens is 220 g/mol. The fraction of sp³-hybridized carbons (Fsp3) is 0.143. The zero-order valence-electron chi connectivity index (χ0n) is 7.11. The molecule has 0 aliphatic rings. The van der Waals surface area contributed by atoms with Crippen molar-refractivity contribution in [1.82, 2.24) is 9.97 Å². The van der Waals surface area contributed by atoms with E-state index in [0.29, 0.717) is 11.5 Å². The van der Waals surface area contributed by atoms with E-state index in [0.717, 1.165) is 22.2 Å². The zero-order valence-corrected chi connectivity index (χ0v) is 8.74. The number of aromatic nitrogens is 2. The van der Waals surface area contributed by atoms with E-state index in [9.17, 15) is 4.79 Å². The van der Waals surface area contributed by atoms with Gasteiger partial charge in [-0.25, -0.2) is 4.98 Å². The lowest BCUT2D eigenvalue weighted by molar-refractivity contribution is 1.05. The van der Waals surface area contributed by atoms with Crippen LogP contribution in [0.1, 0.15) is 5.69 Å². The minimum Gasteiger partial charge on any atom is -0.389 e. The number of H-pyrrole nitrogens is 1. The van der Waals surface area contributed by atoms with Crippen LogP contribution in [0.5, 0.6) is 0 Å². The third kappa shape index (κ3) is 2.12. The number of rotatable bonds is 3. The normalized spacial score (nSPS) is 10.3. The van der Waals surface area contributed by atoms with E-state index < -0.39 is 0 Å². The van der Waals surface area contributed by atoms with E-state index in [-0.39, 0.29) is 4.87 Å². The highest BCUT2D eigenvalue weighted by Gasteiger charge is 1.99. The molecule has 0 spiro atoms. The Bertz CT molecular complexity index is 472. The van der Waals surface area contributed by atoms with Crippen LogP contribution in [0.4, 0.5) is 10.1 Å². The van der Waals surface area contributed by atoms with E-state index in [4.69, 9.17) is 5.73 Å². The monoisotopic (exact) mass is 228 g/mol. The summed E-state index contributed by atoms with van der Waals surface area (Å²) in [7, 11) is 0. The number of thiazole rings is 2. The first kappa shape index (κ1) is 9.22. The molecule has 0 saturated carbocycles. The minimum atomic E-state index is -0.0412. The standard InChI is InChI=1S/C7H8N4OS2/c8-5-2-10-6(14-5)9-1-4-3-13-7(12)11-4/h2-3H,1,8H2,(H,9,10)(H,11,12). The fourth-order valence-electron chi connectivity index (χ4n) is 0.940. The maximum Gasteiger partial charge on any atom is 0.304 e. The Balaban J connectivity index is 1.98. The molecule has 14 heavy (non-hydrogen) atoms. The van der Waals surface area contributed by atoms with Crippen LogP contribution in [0, 0.1) is 0 Å². The SMILES string of the molecule is Nc1cnc(NCc2csc(=O)[nH]2)s1. The molecule has 0 unspecified atom stereocenters. The third-order valence-electron chi connectivity index (χ3n) is 1.52. The van der Waals surface area contributed by atoms with Crippen LogP contribution in [-0.4, -0.2) is 9.97 Å². The van der Waals surface area contributed by atoms with Crippen molar-refractivity contribution in [3.63, 3.8) is 0 Å². The number of nitrogen functional groups attached to an aromatic ring is 1. The maximum absolute atomic E-state index is 10.8. The Morgan fingerprint density at radius 1 is 1.64 bits per heavy atom. The first-order valence-electron chi connectivity index (χ1n) is 3.86. The summed E-state index contributed by atoms with van der Waals surface area (Å²) in [4.78, 5) is 17.5. The molecule has 0 radical (unpaired) electrons. The van der Waals surface area contributed by atoms with Crippen LogP contribution in [-0.2, 0) is 6.54 Å². The Morgan fingerprint density at radius 2 is 2.50 bits per heavy atom. The number of aromatic amines is 1. The van der Waals surface area contributed by atoms with Gasteiger partial charge in [-0.15, -0.1) is 0 Å². The summed E-state index contributed by atoms with van der Waals surface area (Å²) < 4.78 is 0. The predicted octanol–water partition coefficient (Wildman–Crippen LogP) is 1.09. The molecule has 0 atom stereocenters. The highest BCUT2D eigenvalue weighted by molar-refractivity contribution is 7.19. The Morgan fingerprint density at radius 3 is 3.07 bits per heavy atom. The summed E-state index contributed by atoms with van der Waals surface area (Å²) in [6.45, 7) is 0.561. The van der Waals surface area contributed by atoms with Crippen molar-refractivity contribution in [3.05, 3.63) is 26.9 Å². The van der Waals surface area contributed by atoms with Crippen LogP contribution >= 0.6 is 22.7 Å². The van der Waals surface area contributed by atoms with Crippen molar-refractivity contribution in [2.75, 3.05) is 11.1 Å². The molecule has 2 aromatic rings. The molecule has 2 aromatic heterocycles. The van der Waals surface area contributed by atoms with Crippen LogP contribution < -0.4 is 15.9 Å². The van der Waals surface area contributed by atoms with Crippen LogP contribution in [0.25, 0.3) is 0 Å². The van der Waals surface area contributed by atoms with Gasteiger partial charge in [-0.05, 0) is 0 Å². The van der Waals surface area contributed by atoms with Crippen molar-refractivity contribution >= 4 is 32.8 Å². The number of hydrogen-bond donors (Lipinski definition) is 3. The van der Waals surface area contributed by atoms with Crippen LogP contribution in [0.2, 0.25) is 0 Å². The highest BCUT2D eigenvalue weighted by Crippen LogP contribution is 2.19. The van der Waals surface area contributed by atoms with Gasteiger partial charge in [-0.1, -0.05) is 22.7 Å². The van der Waals surface area contributed by atoms with Crippen molar-refractivity contribution < 1.29 is 0 Å². The smallest absolute Gasteiger partial charge is 0.304 e. The second kappa shape index (κ2) is 3.81. The number of nitrogens with one attached hydrogen (secondary N) is 2. The molecule has 5 nitrogen and oxygen atoms in total. The van der Waals surface area contributed by atoms with Gasteiger partial charge in [-0.2, -0.15) is 0 Å². The Labute approximate surface area is 87.6 Å². The van der Waals surface area contributed by atoms with E-state index in [2.05, 4.69) is 15.3 Å². The Hall–Kier alpha value is -1.34. The molecule has 2 heterocycles. The molecule has 0 aliphatic carbocycles. The summed E-state index contributed by atoms with van der Waals surface area (Å²) in [6.07, 6.45) is 1.60. The molecule has 7 heteroatoms. The average molecular weight is 228 g/mol. The first-order valence-corrected chi connectivity index (χ1v) is 5.55. The largest absolute Gasteiger partial charge is 0.389 e. The van der Waals surface area contributed by atoms with Crippen molar-refractivity contribution in [2.45, 2.75) is 6.54 Å². The van der Waals surface area contributed by atoms with Gasteiger partial charge in [0.05, 0.1) is 12.7 Å². The molecule has 0 aliphatic heterocycles. The van der Waals surface area contributed by atoms with Crippen molar-refractivity contribution in [2.24, 2.45) is 0 Å². The number of anilines is 2. The molecule has 4 N–H and O–H groups in total. The number of nitrogens with zero attached hydrogens (tertiary/aromatic N) is 1. The number of hydrogen-bond acceptors (Lipinski definition) is 6. The second-order valence-corrected chi connectivity index (χ2v) is 4.50. The van der Waals surface area contributed by atoms with Crippen LogP contribution in [0.15, 0.2) is 16.4 Å². The molecular formula is C7H8N4OS2. The molecule has 0 saturated heterocycles. The van der Waals surface area contributed by atoms with E-state index in [1.807, 2.05) is 0 Å². The first-order chi connectivity index (χ1) is 6.74. The highest BCUT2D eigenvalue weighted by atomic mass is 32.1. The number of nitrogens with two attached hydrogens (primary N) is 1. The average Bonchev–Trinajstić information content (AvgIpc) is 2.72. The van der Waals surface area contributed by atoms with E-state index in [1.165, 1.54) is 11.3 Å². The zero-order chi connectivity index (χ0) is 9.97. The van der Waals surface area contributed by atoms with Gasteiger partial charge >= 0.3 is 4.87 Å². The minimum absolute atomic E-state index is 0.0412. The van der Waals surface area contributed by atoms with E-state index >= 15 is 0 Å². The lowest BCUT2D eigenvalue weighted by atomic mass is 10.5. The summed E-state index contributed by atoms with van der Waals surface area (Å²) in [6, 6.07) is 0. The molecule has 74 valence electrons. The summed E-state index contributed by atoms with van der Waals surface area (Å²) in [5.41, 5.74) is 6.37. The van der Waals surface area contributed by atoms with Gasteiger partial charge in [0.15, 0.2) is 5.13 Å². The van der Waals surface area contributed by atoms with Gasteiger partial charge in [0.1, 0.15) is 5.00 Å². The maximum atomic E-state index is 10.8. The fourth-order valence-corrected chi connectivity index (χ4v) is 2.10. The van der Waals surface area contributed by atoms with E-state index in [1.54, 1.807) is 11.6 Å². The van der Waals surface area contributed by atoms with Gasteiger partial charge < -0.3 is 16.0 Å².